The summed E-state index contributed by atoms with van der Waals surface area (Å²) in [6.45, 7) is 5.79. The van der Waals surface area contributed by atoms with Crippen molar-refractivity contribution < 1.29 is 14.7 Å². The van der Waals surface area contributed by atoms with E-state index in [1.54, 1.807) is 13.0 Å². The summed E-state index contributed by atoms with van der Waals surface area (Å²) in [5.41, 5.74) is 1.94. The number of hydrogen-bond donors (Lipinski definition) is 1. The van der Waals surface area contributed by atoms with E-state index in [1.165, 1.54) is 0 Å². The standard InChI is InChI=1S/C15H20O3/c1-9(14(17)18)11-4-6-15(3)7-5-13(16)10(2)12(15)8-11/h5,7,9,11H,4,6,8H2,1-3H3,(H,17,18)/t9-,11-,15-/m0/s1. The molecular weight excluding hydrogens is 228 g/mol. The van der Waals surface area contributed by atoms with Crippen LogP contribution in [-0.2, 0) is 9.59 Å². The second kappa shape index (κ2) is 4.38. The lowest BCUT2D eigenvalue weighted by molar-refractivity contribution is -0.143. The van der Waals surface area contributed by atoms with Gasteiger partial charge in [0.25, 0.3) is 0 Å². The van der Waals surface area contributed by atoms with Crippen LogP contribution in [0.1, 0.15) is 40.0 Å². The van der Waals surface area contributed by atoms with E-state index >= 15 is 0 Å². The summed E-state index contributed by atoms with van der Waals surface area (Å²) >= 11 is 0. The Balaban J connectivity index is 2.29. The van der Waals surface area contributed by atoms with Crippen molar-refractivity contribution in [2.75, 3.05) is 0 Å². The molecule has 3 nitrogen and oxygen atoms in total. The smallest absolute Gasteiger partial charge is 0.306 e. The van der Waals surface area contributed by atoms with Crippen LogP contribution < -0.4 is 0 Å². The Hall–Kier alpha value is -1.38. The predicted octanol–water partition coefficient (Wildman–Crippen LogP) is 2.97. The molecule has 0 amide bonds. The minimum atomic E-state index is -0.737. The zero-order chi connectivity index (χ0) is 13.5. The van der Waals surface area contributed by atoms with E-state index < -0.39 is 5.97 Å². The molecule has 2 rings (SSSR count). The highest BCUT2D eigenvalue weighted by molar-refractivity contribution is 6.05. The Kier molecular flexibility index (Phi) is 3.18. The molecule has 98 valence electrons. The SMILES string of the molecule is CC1=C2C[C@@H]([C@H](C)C(=O)O)CC[C@@]2(C)C=CC1=O. The van der Waals surface area contributed by atoms with Gasteiger partial charge >= 0.3 is 5.97 Å². The monoisotopic (exact) mass is 248 g/mol. The number of carbonyl (C=O) groups is 2. The lowest BCUT2D eigenvalue weighted by Crippen LogP contribution is -2.34. The molecule has 0 radical (unpaired) electrons. The quantitative estimate of drug-likeness (QED) is 0.817. The maximum atomic E-state index is 11.7. The minimum Gasteiger partial charge on any atom is -0.481 e. The van der Waals surface area contributed by atoms with Crippen LogP contribution in [0.25, 0.3) is 0 Å². The van der Waals surface area contributed by atoms with Gasteiger partial charge in [-0.3, -0.25) is 9.59 Å². The van der Waals surface area contributed by atoms with Gasteiger partial charge in [0.1, 0.15) is 0 Å². The third kappa shape index (κ3) is 2.02. The molecule has 0 aromatic carbocycles. The molecule has 0 aromatic heterocycles. The Morgan fingerprint density at radius 2 is 2.22 bits per heavy atom. The molecule has 0 saturated heterocycles. The van der Waals surface area contributed by atoms with Crippen LogP contribution in [0.15, 0.2) is 23.3 Å². The molecule has 0 heterocycles. The Morgan fingerprint density at radius 1 is 1.56 bits per heavy atom. The van der Waals surface area contributed by atoms with Crippen molar-refractivity contribution >= 4 is 11.8 Å². The lowest BCUT2D eigenvalue weighted by atomic mass is 9.62. The van der Waals surface area contributed by atoms with Crippen molar-refractivity contribution in [1.29, 1.82) is 0 Å². The Morgan fingerprint density at radius 3 is 2.83 bits per heavy atom. The van der Waals surface area contributed by atoms with Crippen molar-refractivity contribution in [3.8, 4) is 0 Å². The highest BCUT2D eigenvalue weighted by atomic mass is 16.4. The maximum Gasteiger partial charge on any atom is 0.306 e. The molecule has 2 aliphatic rings. The van der Waals surface area contributed by atoms with Gasteiger partial charge in [0.2, 0.25) is 0 Å². The molecule has 18 heavy (non-hydrogen) atoms. The fourth-order valence-corrected chi connectivity index (χ4v) is 3.16. The van der Waals surface area contributed by atoms with Crippen LogP contribution >= 0.6 is 0 Å². The molecule has 1 fully saturated rings. The normalized spacial score (nSPS) is 33.3. The van der Waals surface area contributed by atoms with Gasteiger partial charge in [-0.15, -0.1) is 0 Å². The first-order valence-electron chi connectivity index (χ1n) is 6.52. The van der Waals surface area contributed by atoms with Crippen molar-refractivity contribution in [2.24, 2.45) is 17.3 Å². The zero-order valence-corrected chi connectivity index (χ0v) is 11.2. The topological polar surface area (TPSA) is 54.4 Å². The van der Waals surface area contributed by atoms with Gasteiger partial charge < -0.3 is 5.11 Å². The van der Waals surface area contributed by atoms with Crippen molar-refractivity contribution in [3.05, 3.63) is 23.3 Å². The highest BCUT2D eigenvalue weighted by Gasteiger charge is 2.40. The number of carboxylic acids is 1. The first-order chi connectivity index (χ1) is 8.35. The van der Waals surface area contributed by atoms with Gasteiger partial charge in [-0.05, 0) is 43.8 Å². The van der Waals surface area contributed by atoms with Gasteiger partial charge in [-0.2, -0.15) is 0 Å². The molecule has 0 aliphatic heterocycles. The second-order valence-electron chi connectivity index (χ2n) is 5.85. The van der Waals surface area contributed by atoms with Gasteiger partial charge in [0.15, 0.2) is 5.78 Å². The molecule has 3 atom stereocenters. The fraction of sp³-hybridized carbons (Fsp3) is 0.600. The zero-order valence-electron chi connectivity index (χ0n) is 11.2. The molecule has 0 bridgehead atoms. The number of carbonyl (C=O) groups excluding carboxylic acids is 1. The highest BCUT2D eigenvalue weighted by Crippen LogP contribution is 2.49. The lowest BCUT2D eigenvalue weighted by Gasteiger charge is -2.41. The van der Waals surface area contributed by atoms with E-state index in [2.05, 4.69) is 6.92 Å². The van der Waals surface area contributed by atoms with Crippen LogP contribution in [0, 0.1) is 17.3 Å². The fourth-order valence-electron chi connectivity index (χ4n) is 3.16. The van der Waals surface area contributed by atoms with Crippen molar-refractivity contribution in [3.63, 3.8) is 0 Å². The molecule has 1 saturated carbocycles. The van der Waals surface area contributed by atoms with Gasteiger partial charge in [-0.25, -0.2) is 0 Å². The number of allylic oxidation sites excluding steroid dienone is 4. The molecular formula is C15H20O3. The van der Waals surface area contributed by atoms with Crippen LogP contribution in [-0.4, -0.2) is 16.9 Å². The maximum absolute atomic E-state index is 11.7. The molecule has 3 heteroatoms. The summed E-state index contributed by atoms with van der Waals surface area (Å²) < 4.78 is 0. The predicted molar refractivity (Wildman–Crippen MR) is 69.1 cm³/mol. The number of ketones is 1. The van der Waals surface area contributed by atoms with E-state index in [9.17, 15) is 9.59 Å². The van der Waals surface area contributed by atoms with E-state index in [-0.39, 0.29) is 23.0 Å². The molecule has 0 aromatic rings. The van der Waals surface area contributed by atoms with Crippen molar-refractivity contribution in [1.82, 2.24) is 0 Å². The average molecular weight is 248 g/mol. The number of rotatable bonds is 2. The van der Waals surface area contributed by atoms with Crippen LogP contribution in [0.4, 0.5) is 0 Å². The summed E-state index contributed by atoms with van der Waals surface area (Å²) in [6, 6.07) is 0. The summed E-state index contributed by atoms with van der Waals surface area (Å²) in [7, 11) is 0. The third-order valence-electron chi connectivity index (χ3n) is 4.71. The second-order valence-corrected chi connectivity index (χ2v) is 5.85. The summed E-state index contributed by atoms with van der Waals surface area (Å²) in [5.74, 6) is -0.846. The first kappa shape index (κ1) is 13.1. The van der Waals surface area contributed by atoms with E-state index in [0.29, 0.717) is 0 Å². The van der Waals surface area contributed by atoms with Crippen LogP contribution in [0.3, 0.4) is 0 Å². The minimum absolute atomic E-state index is 0.0350. The summed E-state index contributed by atoms with van der Waals surface area (Å²) in [4.78, 5) is 22.8. The molecule has 0 unspecified atom stereocenters. The number of fused-ring (bicyclic) bond motifs is 1. The van der Waals surface area contributed by atoms with Gasteiger partial charge in [0, 0.05) is 5.41 Å². The largest absolute Gasteiger partial charge is 0.481 e. The summed E-state index contributed by atoms with van der Waals surface area (Å²) in [5, 5.41) is 9.12. The average Bonchev–Trinajstić information content (AvgIpc) is 2.33. The van der Waals surface area contributed by atoms with Gasteiger partial charge in [0.05, 0.1) is 5.92 Å². The molecule has 0 spiro atoms. The molecule has 1 N–H and O–H groups in total. The third-order valence-corrected chi connectivity index (χ3v) is 4.71. The molecule has 2 aliphatic carbocycles. The number of aliphatic carboxylic acids is 1. The van der Waals surface area contributed by atoms with E-state index in [1.807, 2.05) is 13.0 Å². The number of hydrogen-bond acceptors (Lipinski definition) is 2. The van der Waals surface area contributed by atoms with Crippen LogP contribution in [0.5, 0.6) is 0 Å². The van der Waals surface area contributed by atoms with E-state index in [0.717, 1.165) is 30.4 Å². The van der Waals surface area contributed by atoms with Crippen molar-refractivity contribution in [2.45, 2.75) is 40.0 Å². The van der Waals surface area contributed by atoms with Gasteiger partial charge in [-0.1, -0.05) is 25.5 Å². The summed E-state index contributed by atoms with van der Waals surface area (Å²) in [6.07, 6.45) is 6.26. The first-order valence-corrected chi connectivity index (χ1v) is 6.52. The van der Waals surface area contributed by atoms with E-state index in [4.69, 9.17) is 5.11 Å². The Bertz CT molecular complexity index is 458. The number of carboxylic acid groups (broad SMARTS) is 1. The Labute approximate surface area is 108 Å². The van der Waals surface area contributed by atoms with Crippen LogP contribution in [0.2, 0.25) is 0 Å².